The maximum Gasteiger partial charge on any atom is 0.307 e. The Morgan fingerprint density at radius 3 is 2.67 bits per heavy atom. The Balaban J connectivity index is 2.47. The largest absolute Gasteiger partial charge is 0.493 e. The maximum absolute atomic E-state index is 11.3. The summed E-state index contributed by atoms with van der Waals surface area (Å²) >= 11 is 0. The Kier molecular flexibility index (Phi) is 5.17. The van der Waals surface area contributed by atoms with Crippen molar-refractivity contribution in [3.8, 4) is 5.75 Å². The van der Waals surface area contributed by atoms with E-state index in [1.165, 1.54) is 4.90 Å². The van der Waals surface area contributed by atoms with Crippen molar-refractivity contribution in [1.29, 1.82) is 0 Å². The number of hydrogen-bond acceptors (Lipinski definition) is 3. The van der Waals surface area contributed by atoms with Crippen LogP contribution in [0, 0.1) is 0 Å². The number of aliphatic carboxylic acids is 1. The number of nitrogens with zero attached hydrogens (tertiary/aromatic N) is 1. The summed E-state index contributed by atoms with van der Waals surface area (Å²) < 4.78 is 5.41. The van der Waals surface area contributed by atoms with Crippen molar-refractivity contribution in [3.63, 3.8) is 0 Å². The molecule has 0 atom stereocenters. The highest BCUT2D eigenvalue weighted by Crippen LogP contribution is 2.14. The van der Waals surface area contributed by atoms with Gasteiger partial charge in [0.15, 0.2) is 0 Å². The van der Waals surface area contributed by atoms with Crippen LogP contribution in [0.5, 0.6) is 5.75 Å². The molecule has 1 rings (SSSR count). The summed E-state index contributed by atoms with van der Waals surface area (Å²) in [7, 11) is 3.38. The van der Waals surface area contributed by atoms with Crippen LogP contribution in [-0.4, -0.2) is 42.6 Å². The first-order valence-corrected chi connectivity index (χ1v) is 5.62. The van der Waals surface area contributed by atoms with Gasteiger partial charge in [-0.15, -0.1) is 0 Å². The molecule has 0 fully saturated rings. The first-order chi connectivity index (χ1) is 8.49. The van der Waals surface area contributed by atoms with Crippen molar-refractivity contribution >= 4 is 11.9 Å². The highest BCUT2D eigenvalue weighted by atomic mass is 16.5. The van der Waals surface area contributed by atoms with Gasteiger partial charge >= 0.3 is 5.97 Å². The summed E-state index contributed by atoms with van der Waals surface area (Å²) in [6, 6.07) is 6.88. The number of ether oxygens (including phenoxy) is 1. The summed E-state index contributed by atoms with van der Waals surface area (Å²) in [4.78, 5) is 23.4. The molecule has 0 heterocycles. The van der Waals surface area contributed by atoms with E-state index in [0.717, 1.165) is 0 Å². The highest BCUT2D eigenvalue weighted by molar-refractivity contribution is 5.75. The van der Waals surface area contributed by atoms with Crippen LogP contribution >= 0.6 is 0 Å². The van der Waals surface area contributed by atoms with E-state index in [4.69, 9.17) is 9.84 Å². The lowest BCUT2D eigenvalue weighted by Crippen LogP contribution is -2.23. The second-order valence-corrected chi connectivity index (χ2v) is 4.10. The Morgan fingerprint density at radius 2 is 2.06 bits per heavy atom. The van der Waals surface area contributed by atoms with Gasteiger partial charge in [0, 0.05) is 14.1 Å². The number of hydrogen-bond donors (Lipinski definition) is 1. The lowest BCUT2D eigenvalue weighted by atomic mass is 10.1. The number of carbonyl (C=O) groups is 2. The third-order valence-corrected chi connectivity index (χ3v) is 2.34. The second-order valence-electron chi connectivity index (χ2n) is 4.10. The van der Waals surface area contributed by atoms with Gasteiger partial charge < -0.3 is 14.7 Å². The van der Waals surface area contributed by atoms with Crippen molar-refractivity contribution < 1.29 is 19.4 Å². The zero-order valence-electron chi connectivity index (χ0n) is 10.5. The van der Waals surface area contributed by atoms with E-state index in [0.29, 0.717) is 17.7 Å². The van der Waals surface area contributed by atoms with E-state index in [9.17, 15) is 9.59 Å². The summed E-state index contributed by atoms with van der Waals surface area (Å²) in [5, 5.41) is 8.68. The molecule has 5 nitrogen and oxygen atoms in total. The topological polar surface area (TPSA) is 66.8 Å². The lowest BCUT2D eigenvalue weighted by molar-refractivity contribution is -0.136. The van der Waals surface area contributed by atoms with Gasteiger partial charge in [-0.3, -0.25) is 9.59 Å². The van der Waals surface area contributed by atoms with Crippen molar-refractivity contribution in [1.82, 2.24) is 4.90 Å². The fourth-order valence-corrected chi connectivity index (χ4v) is 1.40. The van der Waals surface area contributed by atoms with E-state index >= 15 is 0 Å². The van der Waals surface area contributed by atoms with Crippen LogP contribution in [0.4, 0.5) is 0 Å². The van der Waals surface area contributed by atoms with E-state index in [2.05, 4.69) is 0 Å². The third-order valence-electron chi connectivity index (χ3n) is 2.34. The van der Waals surface area contributed by atoms with E-state index in [1.807, 2.05) is 0 Å². The number of rotatable bonds is 6. The van der Waals surface area contributed by atoms with E-state index in [-0.39, 0.29) is 18.9 Å². The van der Waals surface area contributed by atoms with Crippen molar-refractivity contribution in [3.05, 3.63) is 29.8 Å². The first-order valence-electron chi connectivity index (χ1n) is 5.62. The van der Waals surface area contributed by atoms with Gasteiger partial charge in [-0.2, -0.15) is 0 Å². The molecule has 0 unspecified atom stereocenters. The number of benzene rings is 1. The van der Waals surface area contributed by atoms with Gasteiger partial charge in [0.25, 0.3) is 0 Å². The fourth-order valence-electron chi connectivity index (χ4n) is 1.40. The number of carboxylic acid groups (broad SMARTS) is 1. The highest BCUT2D eigenvalue weighted by Gasteiger charge is 2.05. The molecule has 5 heteroatoms. The Bertz CT molecular complexity index is 429. The van der Waals surface area contributed by atoms with Crippen LogP contribution in [0.2, 0.25) is 0 Å². The molecular formula is C13H17NO4. The number of amides is 1. The Labute approximate surface area is 106 Å². The molecule has 1 amide bonds. The van der Waals surface area contributed by atoms with Crippen molar-refractivity contribution in [2.45, 2.75) is 12.8 Å². The monoisotopic (exact) mass is 251 g/mol. The van der Waals surface area contributed by atoms with Gasteiger partial charge in [-0.05, 0) is 17.7 Å². The maximum atomic E-state index is 11.3. The first kappa shape index (κ1) is 14.0. The van der Waals surface area contributed by atoms with Crippen LogP contribution in [-0.2, 0) is 16.0 Å². The molecule has 98 valence electrons. The second kappa shape index (κ2) is 6.64. The molecule has 0 aliphatic heterocycles. The average molecular weight is 251 g/mol. The standard InChI is InChI=1S/C13H17NO4/c1-14(2)12(15)6-7-18-11-5-3-4-10(8-11)9-13(16)17/h3-5,8H,6-7,9H2,1-2H3,(H,16,17). The summed E-state index contributed by atoms with van der Waals surface area (Å²) in [5.41, 5.74) is 0.680. The van der Waals surface area contributed by atoms with Gasteiger partial charge in [0.05, 0.1) is 19.4 Å². The molecule has 1 aromatic rings. The van der Waals surface area contributed by atoms with Gasteiger partial charge in [-0.25, -0.2) is 0 Å². The molecule has 1 aromatic carbocycles. The lowest BCUT2D eigenvalue weighted by Gasteiger charge is -2.11. The number of carbonyl (C=O) groups excluding carboxylic acids is 1. The molecule has 0 spiro atoms. The van der Waals surface area contributed by atoms with Crippen LogP contribution in [0.25, 0.3) is 0 Å². The van der Waals surface area contributed by atoms with Crippen LogP contribution in [0.15, 0.2) is 24.3 Å². The zero-order valence-corrected chi connectivity index (χ0v) is 10.5. The molecule has 18 heavy (non-hydrogen) atoms. The van der Waals surface area contributed by atoms with Crippen LogP contribution < -0.4 is 4.74 Å². The predicted octanol–water partition coefficient (Wildman–Crippen LogP) is 1.17. The molecule has 0 aliphatic rings. The minimum atomic E-state index is -0.880. The molecular weight excluding hydrogens is 234 g/mol. The van der Waals surface area contributed by atoms with Crippen molar-refractivity contribution in [2.75, 3.05) is 20.7 Å². The van der Waals surface area contributed by atoms with Gasteiger partial charge in [0.1, 0.15) is 5.75 Å². The normalized spacial score (nSPS) is 9.89. The number of carboxylic acids is 1. The molecule has 0 saturated carbocycles. The van der Waals surface area contributed by atoms with Gasteiger partial charge in [0.2, 0.25) is 5.91 Å². The Morgan fingerprint density at radius 1 is 1.33 bits per heavy atom. The van der Waals surface area contributed by atoms with Crippen molar-refractivity contribution in [2.24, 2.45) is 0 Å². The third kappa shape index (κ3) is 4.86. The zero-order chi connectivity index (χ0) is 13.5. The minimum absolute atomic E-state index is 0.00306. The SMILES string of the molecule is CN(C)C(=O)CCOc1cccc(CC(=O)O)c1. The predicted molar refractivity (Wildman–Crippen MR) is 66.6 cm³/mol. The molecule has 1 N–H and O–H groups in total. The molecule has 0 radical (unpaired) electrons. The van der Waals surface area contributed by atoms with Crippen LogP contribution in [0.1, 0.15) is 12.0 Å². The molecule has 0 aromatic heterocycles. The summed E-state index contributed by atoms with van der Waals surface area (Å²) in [5.74, 6) is -0.299. The van der Waals surface area contributed by atoms with E-state index < -0.39 is 5.97 Å². The van der Waals surface area contributed by atoms with Gasteiger partial charge in [-0.1, -0.05) is 12.1 Å². The summed E-state index contributed by atoms with van der Waals surface area (Å²) in [6.07, 6.45) is 0.268. The smallest absolute Gasteiger partial charge is 0.307 e. The fraction of sp³-hybridized carbons (Fsp3) is 0.385. The summed E-state index contributed by atoms with van der Waals surface area (Å²) in [6.45, 7) is 0.285. The van der Waals surface area contributed by atoms with Crippen LogP contribution in [0.3, 0.4) is 0 Å². The molecule has 0 bridgehead atoms. The Hall–Kier alpha value is -2.04. The van der Waals surface area contributed by atoms with E-state index in [1.54, 1.807) is 38.4 Å². The molecule has 0 saturated heterocycles. The average Bonchev–Trinajstić information content (AvgIpc) is 2.28. The quantitative estimate of drug-likeness (QED) is 0.824. The minimum Gasteiger partial charge on any atom is -0.493 e. The molecule has 0 aliphatic carbocycles.